The number of nitrogens with two attached hydrogens (primary N) is 1. The number of fused-ring (bicyclic) bond motifs is 5. The molecule has 0 saturated heterocycles. The summed E-state index contributed by atoms with van der Waals surface area (Å²) < 4.78 is 3.59. The van der Waals surface area contributed by atoms with Crippen LogP contribution in [0.15, 0.2) is 12.5 Å². The predicted octanol–water partition coefficient (Wildman–Crippen LogP) is 4.35. The van der Waals surface area contributed by atoms with Crippen LogP contribution in [0.3, 0.4) is 0 Å². The summed E-state index contributed by atoms with van der Waals surface area (Å²) in [4.78, 5) is 12.1. The molecule has 4 aromatic heterocycles. The third-order valence-electron chi connectivity index (χ3n) is 6.73. The maximum absolute atomic E-state index is 6.16. The van der Waals surface area contributed by atoms with E-state index in [1.54, 1.807) is 10.8 Å². The Hall–Kier alpha value is -2.48. The minimum atomic E-state index is 0.369. The first-order chi connectivity index (χ1) is 13.9. The van der Waals surface area contributed by atoms with E-state index in [-0.39, 0.29) is 0 Å². The van der Waals surface area contributed by atoms with Gasteiger partial charge in [0, 0.05) is 17.6 Å². The summed E-state index contributed by atoms with van der Waals surface area (Å²) >= 11 is 1.82. The largest absolute Gasteiger partial charge is 0.396 e. The van der Waals surface area contributed by atoms with Crippen molar-refractivity contribution in [3.8, 4) is 11.5 Å². The van der Waals surface area contributed by atoms with Crippen molar-refractivity contribution in [2.24, 2.45) is 11.3 Å². The van der Waals surface area contributed by atoms with Gasteiger partial charge in [0.15, 0.2) is 11.3 Å². The highest BCUT2D eigenvalue weighted by Crippen LogP contribution is 2.45. The van der Waals surface area contributed by atoms with Gasteiger partial charge in [-0.3, -0.25) is 4.68 Å². The van der Waals surface area contributed by atoms with E-state index in [2.05, 4.69) is 31.0 Å². The zero-order valence-corrected chi connectivity index (χ0v) is 18.3. The molecule has 0 aliphatic heterocycles. The van der Waals surface area contributed by atoms with Crippen molar-refractivity contribution < 1.29 is 0 Å². The van der Waals surface area contributed by atoms with E-state index in [0.29, 0.717) is 22.6 Å². The van der Waals surface area contributed by atoms with Crippen molar-refractivity contribution >= 4 is 32.9 Å². The summed E-state index contributed by atoms with van der Waals surface area (Å²) in [6.07, 6.45) is 8.24. The topological polar surface area (TPSA) is 86.9 Å². The molecule has 29 heavy (non-hydrogen) atoms. The van der Waals surface area contributed by atoms with Crippen molar-refractivity contribution in [3.63, 3.8) is 0 Å². The number of rotatable bonds is 4. The molecule has 152 valence electrons. The van der Waals surface area contributed by atoms with Gasteiger partial charge in [-0.25, -0.2) is 14.5 Å². The summed E-state index contributed by atoms with van der Waals surface area (Å²) in [7, 11) is 0. The molecule has 0 aromatic carbocycles. The lowest BCUT2D eigenvalue weighted by atomic mass is 9.70. The van der Waals surface area contributed by atoms with E-state index in [1.807, 2.05) is 29.1 Å². The van der Waals surface area contributed by atoms with Gasteiger partial charge in [0.25, 0.3) is 0 Å². The lowest BCUT2D eigenvalue weighted by Crippen LogP contribution is -2.28. The number of aromatic nitrogens is 6. The zero-order chi connectivity index (χ0) is 20.3. The highest BCUT2D eigenvalue weighted by atomic mass is 32.1. The Morgan fingerprint density at radius 2 is 2.10 bits per heavy atom. The fourth-order valence-corrected chi connectivity index (χ4v) is 5.66. The van der Waals surface area contributed by atoms with Gasteiger partial charge in [0.1, 0.15) is 11.2 Å². The average molecular weight is 410 g/mol. The molecule has 5 rings (SSSR count). The Balaban J connectivity index is 1.63. The first kappa shape index (κ1) is 18.5. The first-order valence-corrected chi connectivity index (χ1v) is 11.2. The van der Waals surface area contributed by atoms with Gasteiger partial charge >= 0.3 is 0 Å². The number of thiophene rings is 1. The van der Waals surface area contributed by atoms with Crippen LogP contribution in [0.5, 0.6) is 0 Å². The molecule has 0 saturated carbocycles. The lowest BCUT2D eigenvalue weighted by Gasteiger charge is -2.36. The maximum atomic E-state index is 6.16. The van der Waals surface area contributed by atoms with Crippen molar-refractivity contribution in [3.05, 3.63) is 23.0 Å². The highest BCUT2D eigenvalue weighted by Gasteiger charge is 2.33. The van der Waals surface area contributed by atoms with Crippen LogP contribution in [0.2, 0.25) is 0 Å². The Morgan fingerprint density at radius 3 is 2.83 bits per heavy atom. The second kappa shape index (κ2) is 6.52. The maximum Gasteiger partial charge on any atom is 0.204 e. The van der Waals surface area contributed by atoms with E-state index in [4.69, 9.17) is 15.7 Å². The Morgan fingerprint density at radius 1 is 1.28 bits per heavy atom. The molecule has 0 bridgehead atoms. The van der Waals surface area contributed by atoms with Gasteiger partial charge < -0.3 is 5.73 Å². The second-order valence-electron chi connectivity index (χ2n) is 8.70. The van der Waals surface area contributed by atoms with Crippen LogP contribution < -0.4 is 5.73 Å². The summed E-state index contributed by atoms with van der Waals surface area (Å²) in [5.41, 5.74) is 10.0. The van der Waals surface area contributed by atoms with Crippen molar-refractivity contribution in [1.82, 2.24) is 29.4 Å². The van der Waals surface area contributed by atoms with Crippen LogP contribution in [-0.2, 0) is 19.4 Å². The summed E-state index contributed by atoms with van der Waals surface area (Å²) in [6, 6.07) is 0. The number of hydrogen-bond acceptors (Lipinski definition) is 6. The summed E-state index contributed by atoms with van der Waals surface area (Å²) in [5, 5.41) is 10.3. The van der Waals surface area contributed by atoms with Crippen molar-refractivity contribution in [2.75, 3.05) is 5.73 Å². The van der Waals surface area contributed by atoms with E-state index in [0.717, 1.165) is 41.2 Å². The molecule has 1 aliphatic rings. The highest BCUT2D eigenvalue weighted by molar-refractivity contribution is 7.19. The zero-order valence-electron chi connectivity index (χ0n) is 17.4. The smallest absolute Gasteiger partial charge is 0.204 e. The SMILES string of the molecule is CCn1cc(N)c(-c2nc3c4c5c(sc4ncn3n2)CC(C(C)(C)CC)CC5)n1. The third-order valence-corrected chi connectivity index (χ3v) is 7.89. The van der Waals surface area contributed by atoms with Gasteiger partial charge in [-0.15, -0.1) is 16.4 Å². The van der Waals surface area contributed by atoms with Crippen LogP contribution in [-0.4, -0.2) is 29.4 Å². The minimum absolute atomic E-state index is 0.369. The van der Waals surface area contributed by atoms with Crippen LogP contribution in [0.25, 0.3) is 27.4 Å². The minimum Gasteiger partial charge on any atom is -0.396 e. The average Bonchev–Trinajstić information content (AvgIpc) is 3.40. The predicted molar refractivity (Wildman–Crippen MR) is 117 cm³/mol. The Kier molecular flexibility index (Phi) is 4.17. The van der Waals surface area contributed by atoms with Gasteiger partial charge in [0.2, 0.25) is 5.82 Å². The molecule has 8 heteroatoms. The summed E-state index contributed by atoms with van der Waals surface area (Å²) in [5.74, 6) is 1.28. The van der Waals surface area contributed by atoms with E-state index < -0.39 is 0 Å². The molecule has 7 nitrogen and oxygen atoms in total. The Bertz CT molecular complexity index is 1210. The van der Waals surface area contributed by atoms with Gasteiger partial charge in [-0.1, -0.05) is 27.2 Å². The Labute approximate surface area is 174 Å². The molecule has 0 spiro atoms. The van der Waals surface area contributed by atoms with Crippen LogP contribution >= 0.6 is 11.3 Å². The van der Waals surface area contributed by atoms with Crippen molar-refractivity contribution in [2.45, 2.75) is 59.9 Å². The number of anilines is 1. The first-order valence-electron chi connectivity index (χ1n) is 10.4. The molecule has 1 aliphatic carbocycles. The molecule has 0 amide bonds. The molecule has 1 atom stereocenters. The lowest BCUT2D eigenvalue weighted by molar-refractivity contribution is 0.184. The van der Waals surface area contributed by atoms with Crippen LogP contribution in [0.4, 0.5) is 5.69 Å². The number of hydrogen-bond donors (Lipinski definition) is 1. The molecule has 2 N–H and O–H groups in total. The van der Waals surface area contributed by atoms with Gasteiger partial charge in [-0.2, -0.15) is 5.10 Å². The third kappa shape index (κ3) is 2.84. The van der Waals surface area contributed by atoms with Crippen LogP contribution in [0.1, 0.15) is 51.0 Å². The molecular formula is C21H27N7S. The molecule has 0 fully saturated rings. The quantitative estimate of drug-likeness (QED) is 0.541. The molecule has 4 heterocycles. The number of nitrogens with zero attached hydrogens (tertiary/aromatic N) is 6. The number of nitrogen functional groups attached to an aromatic ring is 1. The fourth-order valence-electron chi connectivity index (χ4n) is 4.40. The molecule has 0 radical (unpaired) electrons. The standard InChI is InChI=1S/C21H27N7S/c1-5-21(3,4)12-7-8-13-15(9-12)29-20-16(13)19-24-18(26-28(19)11-23-20)17-14(22)10-27(6-2)25-17/h10-12H,5-9,22H2,1-4H3. The number of aryl methyl sites for hydroxylation is 2. The monoisotopic (exact) mass is 409 g/mol. The van der Waals surface area contributed by atoms with E-state index in [1.165, 1.54) is 23.3 Å². The molecular weight excluding hydrogens is 382 g/mol. The summed E-state index contributed by atoms with van der Waals surface area (Å²) in [6.45, 7) is 9.89. The second-order valence-corrected chi connectivity index (χ2v) is 9.79. The van der Waals surface area contributed by atoms with Crippen LogP contribution in [0, 0.1) is 11.3 Å². The van der Waals surface area contributed by atoms with E-state index >= 15 is 0 Å². The van der Waals surface area contributed by atoms with Crippen molar-refractivity contribution in [1.29, 1.82) is 0 Å². The van der Waals surface area contributed by atoms with E-state index in [9.17, 15) is 0 Å². The molecule has 4 aromatic rings. The van der Waals surface area contributed by atoms with Gasteiger partial charge in [-0.05, 0) is 43.1 Å². The molecule has 1 unspecified atom stereocenters. The fraction of sp³-hybridized carbons (Fsp3) is 0.524. The van der Waals surface area contributed by atoms with Gasteiger partial charge in [0.05, 0.1) is 11.1 Å². The normalized spacial score (nSPS) is 17.3.